The molecule has 2 heteroatoms. The first-order valence-corrected chi connectivity index (χ1v) is 20.2. The number of allylic oxidation sites excluding steroid dienone is 4. The van der Waals surface area contributed by atoms with E-state index in [0.717, 1.165) is 37.1 Å². The minimum absolute atomic E-state index is 0.891. The van der Waals surface area contributed by atoms with Gasteiger partial charge in [0.25, 0.3) is 0 Å². The van der Waals surface area contributed by atoms with Gasteiger partial charge in [0.05, 0.1) is 11.4 Å². The predicted molar refractivity (Wildman–Crippen MR) is 241 cm³/mol. The molecule has 0 aromatic heterocycles. The Bertz CT molecular complexity index is 3180. The number of rotatable bonds is 5. The van der Waals surface area contributed by atoms with Crippen LogP contribution in [0, 0.1) is 0 Å². The quantitative estimate of drug-likeness (QED) is 0.161. The van der Waals surface area contributed by atoms with Crippen LogP contribution in [0.15, 0.2) is 198 Å². The van der Waals surface area contributed by atoms with Crippen molar-refractivity contribution < 1.29 is 0 Å². The Morgan fingerprint density at radius 3 is 1.86 bits per heavy atom. The Hall–Kier alpha value is -7.03. The summed E-state index contributed by atoms with van der Waals surface area (Å²) in [5.74, 6) is 0. The second kappa shape index (κ2) is 12.8. The molecule has 0 fully saturated rings. The maximum Gasteiger partial charge on any atom is 0.0549 e. The van der Waals surface area contributed by atoms with Crippen LogP contribution in [-0.2, 0) is 6.42 Å². The number of aliphatic imine (C=N–C) groups is 1. The molecule has 2 aliphatic carbocycles. The zero-order valence-corrected chi connectivity index (χ0v) is 31.5. The fourth-order valence-corrected chi connectivity index (χ4v) is 9.86. The molecule has 9 aromatic rings. The first kappa shape index (κ1) is 32.2. The number of fused-ring (bicyclic) bond motifs is 11. The van der Waals surface area contributed by atoms with Gasteiger partial charge in [-0.2, -0.15) is 0 Å². The molecule has 0 saturated heterocycles. The molecule has 12 rings (SSSR count). The SMILES string of the molecule is C1=CC2=C(CC1)N=C(c1ccc3c(c1)Cc1c-3c(N(c3ccc(-c4ccccc4)cc3)c3ccc4c5ccccc5c5ccccc5c4c3)cc3ccccc13)C2. The summed E-state index contributed by atoms with van der Waals surface area (Å²) in [6, 6.07) is 63.1. The molecule has 57 heavy (non-hydrogen) atoms. The predicted octanol–water partition coefficient (Wildman–Crippen LogP) is 14.8. The summed E-state index contributed by atoms with van der Waals surface area (Å²) in [5.41, 5.74) is 16.4. The molecule has 1 aliphatic heterocycles. The molecule has 0 radical (unpaired) electrons. The third-order valence-electron chi connectivity index (χ3n) is 12.5. The van der Waals surface area contributed by atoms with Gasteiger partial charge in [-0.25, -0.2) is 0 Å². The summed E-state index contributed by atoms with van der Waals surface area (Å²) >= 11 is 0. The van der Waals surface area contributed by atoms with Crippen molar-refractivity contribution in [2.75, 3.05) is 4.90 Å². The lowest BCUT2D eigenvalue weighted by Crippen LogP contribution is -2.12. The van der Waals surface area contributed by atoms with E-state index in [2.05, 4.69) is 187 Å². The van der Waals surface area contributed by atoms with Crippen molar-refractivity contribution in [2.45, 2.75) is 25.7 Å². The van der Waals surface area contributed by atoms with Gasteiger partial charge >= 0.3 is 0 Å². The third-order valence-corrected chi connectivity index (χ3v) is 12.5. The zero-order valence-electron chi connectivity index (χ0n) is 31.5. The molecule has 0 atom stereocenters. The Balaban J connectivity index is 1.09. The van der Waals surface area contributed by atoms with Crippen molar-refractivity contribution in [3.63, 3.8) is 0 Å². The van der Waals surface area contributed by atoms with Crippen LogP contribution in [0.5, 0.6) is 0 Å². The fourth-order valence-electron chi connectivity index (χ4n) is 9.86. The first-order chi connectivity index (χ1) is 28.2. The van der Waals surface area contributed by atoms with Crippen LogP contribution in [0.4, 0.5) is 17.1 Å². The van der Waals surface area contributed by atoms with Gasteiger partial charge < -0.3 is 4.90 Å². The van der Waals surface area contributed by atoms with E-state index in [4.69, 9.17) is 4.99 Å². The minimum Gasteiger partial charge on any atom is -0.310 e. The van der Waals surface area contributed by atoms with Crippen LogP contribution >= 0.6 is 0 Å². The number of hydrogen-bond donors (Lipinski definition) is 0. The molecule has 0 bridgehead atoms. The molecule has 1 heterocycles. The van der Waals surface area contributed by atoms with Gasteiger partial charge in [0.2, 0.25) is 0 Å². The molecule has 2 nitrogen and oxygen atoms in total. The topological polar surface area (TPSA) is 15.6 Å². The molecule has 0 amide bonds. The van der Waals surface area contributed by atoms with E-state index in [1.165, 1.54) is 105 Å². The highest BCUT2D eigenvalue weighted by molar-refractivity contribution is 6.26. The second-order valence-electron chi connectivity index (χ2n) is 15.7. The van der Waals surface area contributed by atoms with Gasteiger partial charge in [-0.1, -0.05) is 146 Å². The molecule has 9 aromatic carbocycles. The lowest BCUT2D eigenvalue weighted by molar-refractivity contribution is 0.934. The van der Waals surface area contributed by atoms with Crippen LogP contribution < -0.4 is 4.90 Å². The van der Waals surface area contributed by atoms with Crippen molar-refractivity contribution >= 4 is 65.9 Å². The normalized spacial score (nSPS) is 14.4. The summed E-state index contributed by atoms with van der Waals surface area (Å²) in [7, 11) is 0. The average Bonchev–Trinajstić information content (AvgIpc) is 3.90. The second-order valence-corrected chi connectivity index (χ2v) is 15.7. The van der Waals surface area contributed by atoms with Crippen LogP contribution in [0.2, 0.25) is 0 Å². The molecule has 268 valence electrons. The maximum absolute atomic E-state index is 5.16. The van der Waals surface area contributed by atoms with Crippen molar-refractivity contribution in [2.24, 2.45) is 4.99 Å². The molecule has 0 spiro atoms. The molecule has 3 aliphatic rings. The van der Waals surface area contributed by atoms with E-state index in [9.17, 15) is 0 Å². The molecular weight excluding hydrogens is 689 g/mol. The standard InChI is InChI=1S/C55H38N2/c1-2-12-35(13-3-1)36-22-25-41(26-23-36)57(42-27-29-49-47-19-8-7-17-45(47)46-18-9-10-20-48(46)50(49)34-42)54-33-37-14-4-6-16-43(37)51-31-40-30-39(24-28-44(40)55(51)54)53-32-38-15-5-11-21-52(38)56-53/h1-10,12-20,22-30,33-34H,11,21,31-32H2. The largest absolute Gasteiger partial charge is 0.310 e. The summed E-state index contributed by atoms with van der Waals surface area (Å²) in [6.45, 7) is 0. The highest BCUT2D eigenvalue weighted by Crippen LogP contribution is 2.51. The summed E-state index contributed by atoms with van der Waals surface area (Å²) < 4.78 is 0. The fraction of sp³-hybridized carbons (Fsp3) is 0.0727. The van der Waals surface area contributed by atoms with E-state index in [1.807, 2.05) is 0 Å². The summed E-state index contributed by atoms with van der Waals surface area (Å²) in [4.78, 5) is 7.67. The van der Waals surface area contributed by atoms with E-state index >= 15 is 0 Å². The van der Waals surface area contributed by atoms with Crippen molar-refractivity contribution in [3.05, 3.63) is 210 Å². The van der Waals surface area contributed by atoms with Crippen LogP contribution in [0.25, 0.3) is 65.3 Å². The minimum atomic E-state index is 0.891. The first-order valence-electron chi connectivity index (χ1n) is 20.2. The smallest absolute Gasteiger partial charge is 0.0549 e. The Morgan fingerprint density at radius 2 is 1.11 bits per heavy atom. The van der Waals surface area contributed by atoms with E-state index < -0.39 is 0 Å². The van der Waals surface area contributed by atoms with Crippen molar-refractivity contribution in [1.82, 2.24) is 0 Å². The highest BCUT2D eigenvalue weighted by Gasteiger charge is 2.29. The van der Waals surface area contributed by atoms with Gasteiger partial charge in [0.1, 0.15) is 0 Å². The van der Waals surface area contributed by atoms with Crippen LogP contribution in [-0.4, -0.2) is 5.71 Å². The summed E-state index contributed by atoms with van der Waals surface area (Å²) in [6.07, 6.45) is 8.53. The third kappa shape index (κ3) is 5.14. The van der Waals surface area contributed by atoms with Crippen LogP contribution in [0.3, 0.4) is 0 Å². The van der Waals surface area contributed by atoms with E-state index in [0.29, 0.717) is 0 Å². The Labute approximate surface area is 332 Å². The van der Waals surface area contributed by atoms with E-state index in [1.54, 1.807) is 0 Å². The van der Waals surface area contributed by atoms with Crippen molar-refractivity contribution in [1.29, 1.82) is 0 Å². The van der Waals surface area contributed by atoms with Gasteiger partial charge in [-0.3, -0.25) is 4.99 Å². The van der Waals surface area contributed by atoms with Gasteiger partial charge in [0, 0.05) is 29.1 Å². The molecular formula is C55H38N2. The number of nitrogens with zero attached hydrogens (tertiary/aromatic N) is 2. The molecule has 0 unspecified atom stereocenters. The average molecular weight is 727 g/mol. The number of benzene rings is 9. The van der Waals surface area contributed by atoms with Gasteiger partial charge in [-0.05, 0) is 138 Å². The van der Waals surface area contributed by atoms with Crippen molar-refractivity contribution in [3.8, 4) is 22.3 Å². The zero-order chi connectivity index (χ0) is 37.5. The summed E-state index contributed by atoms with van der Waals surface area (Å²) in [5, 5.41) is 10.3. The molecule has 0 saturated carbocycles. The number of anilines is 3. The van der Waals surface area contributed by atoms with E-state index in [-0.39, 0.29) is 0 Å². The Morgan fingerprint density at radius 1 is 0.474 bits per heavy atom. The van der Waals surface area contributed by atoms with Gasteiger partial charge in [-0.15, -0.1) is 0 Å². The molecule has 0 N–H and O–H groups in total. The lowest BCUT2D eigenvalue weighted by atomic mass is 9.93. The maximum atomic E-state index is 5.16. The number of hydrogen-bond acceptors (Lipinski definition) is 2. The monoisotopic (exact) mass is 726 g/mol. The lowest BCUT2D eigenvalue weighted by Gasteiger charge is -2.29. The Kier molecular flexibility index (Phi) is 7.22. The van der Waals surface area contributed by atoms with Crippen LogP contribution in [0.1, 0.15) is 36.0 Å². The van der Waals surface area contributed by atoms with Gasteiger partial charge in [0.15, 0.2) is 0 Å². The highest BCUT2D eigenvalue weighted by atomic mass is 15.1.